The number of piperazine rings is 1. The maximum atomic E-state index is 12.3. The van der Waals surface area contributed by atoms with E-state index in [9.17, 15) is 14.7 Å². The van der Waals surface area contributed by atoms with Gasteiger partial charge in [0.1, 0.15) is 12.1 Å². The van der Waals surface area contributed by atoms with Crippen molar-refractivity contribution in [3.8, 4) is 0 Å². The Balaban J connectivity index is 1.64. The number of carbonyl (C=O) groups is 2. The van der Waals surface area contributed by atoms with Gasteiger partial charge in [-0.25, -0.2) is 0 Å². The molecule has 114 valence electrons. The van der Waals surface area contributed by atoms with Crippen LogP contribution in [0.1, 0.15) is 18.2 Å². The van der Waals surface area contributed by atoms with E-state index in [4.69, 9.17) is 0 Å². The first-order valence-electron chi connectivity index (χ1n) is 7.11. The summed E-state index contributed by atoms with van der Waals surface area (Å²) in [7, 11) is 0. The van der Waals surface area contributed by atoms with Crippen LogP contribution >= 0.6 is 11.3 Å². The quantitative estimate of drug-likeness (QED) is 0.712. The number of nitrogens with one attached hydrogen (secondary N) is 2. The van der Waals surface area contributed by atoms with E-state index in [-0.39, 0.29) is 17.9 Å². The summed E-state index contributed by atoms with van der Waals surface area (Å²) in [5.74, 6) is -0.351. The summed E-state index contributed by atoms with van der Waals surface area (Å²) >= 11 is 1.68. The van der Waals surface area contributed by atoms with Crippen LogP contribution in [0.25, 0.3) is 0 Å². The van der Waals surface area contributed by atoms with Gasteiger partial charge in [-0.2, -0.15) is 0 Å². The number of fused-ring (bicyclic) bond motifs is 1. The van der Waals surface area contributed by atoms with Gasteiger partial charge in [0.15, 0.2) is 0 Å². The zero-order valence-corrected chi connectivity index (χ0v) is 12.6. The van der Waals surface area contributed by atoms with E-state index in [1.807, 2.05) is 11.4 Å². The highest BCUT2D eigenvalue weighted by Crippen LogP contribution is 2.24. The minimum atomic E-state index is -0.875. The molecule has 3 N–H and O–H groups in total. The monoisotopic (exact) mass is 309 g/mol. The van der Waals surface area contributed by atoms with E-state index in [1.54, 1.807) is 16.2 Å². The maximum Gasteiger partial charge on any atom is 0.248 e. The third-order valence-electron chi connectivity index (χ3n) is 4.08. The summed E-state index contributed by atoms with van der Waals surface area (Å²) in [5, 5.41) is 17.7. The Bertz CT molecular complexity index is 532. The predicted octanol–water partition coefficient (Wildman–Crippen LogP) is -0.314. The van der Waals surface area contributed by atoms with Crippen LogP contribution in [0.15, 0.2) is 17.5 Å². The van der Waals surface area contributed by atoms with Gasteiger partial charge in [0, 0.05) is 24.0 Å². The lowest BCUT2D eigenvalue weighted by molar-refractivity contribution is -0.149. The summed E-state index contributed by atoms with van der Waals surface area (Å²) in [6.07, 6.45) is -0.254. The van der Waals surface area contributed by atoms with Gasteiger partial charge in [-0.3, -0.25) is 9.59 Å². The van der Waals surface area contributed by atoms with E-state index < -0.39 is 18.2 Å². The number of rotatable bonds is 4. The fourth-order valence-corrected chi connectivity index (χ4v) is 3.61. The van der Waals surface area contributed by atoms with Crippen LogP contribution in [0.4, 0.5) is 0 Å². The number of nitrogens with zero attached hydrogens (tertiary/aromatic N) is 1. The number of carbonyl (C=O) groups excluding carboxylic acids is 2. The van der Waals surface area contributed by atoms with Gasteiger partial charge in [-0.15, -0.1) is 11.3 Å². The fourth-order valence-electron chi connectivity index (χ4n) is 2.95. The Morgan fingerprint density at radius 1 is 1.57 bits per heavy atom. The Hall–Kier alpha value is -1.44. The fraction of sp³-hybridized carbons (Fsp3) is 0.571. The largest absolute Gasteiger partial charge is 0.391 e. The minimum Gasteiger partial charge on any atom is -0.391 e. The number of amides is 2. The van der Waals surface area contributed by atoms with Gasteiger partial charge in [-0.1, -0.05) is 6.07 Å². The molecule has 2 aliphatic rings. The van der Waals surface area contributed by atoms with Crippen LogP contribution in [0.3, 0.4) is 0 Å². The molecule has 1 aromatic rings. The Morgan fingerprint density at radius 3 is 3.05 bits per heavy atom. The maximum absolute atomic E-state index is 12.3. The van der Waals surface area contributed by atoms with Crippen molar-refractivity contribution in [2.75, 3.05) is 6.54 Å². The number of aliphatic hydroxyl groups excluding tert-OH is 1. The second-order valence-corrected chi connectivity index (χ2v) is 6.66. The molecule has 0 saturated carbocycles. The average Bonchev–Trinajstić information content (AvgIpc) is 3.09. The summed E-state index contributed by atoms with van der Waals surface area (Å²) in [4.78, 5) is 27.2. The van der Waals surface area contributed by atoms with Crippen LogP contribution in [-0.2, 0) is 16.1 Å². The summed E-state index contributed by atoms with van der Waals surface area (Å²) < 4.78 is 0. The molecule has 0 spiro atoms. The summed E-state index contributed by atoms with van der Waals surface area (Å²) in [6.45, 7) is 2.79. The molecule has 7 heteroatoms. The topological polar surface area (TPSA) is 81.7 Å². The normalized spacial score (nSPS) is 30.2. The molecule has 3 heterocycles. The Kier molecular flexibility index (Phi) is 3.97. The zero-order valence-electron chi connectivity index (χ0n) is 11.8. The van der Waals surface area contributed by atoms with E-state index in [1.165, 1.54) is 11.8 Å². The van der Waals surface area contributed by atoms with Crippen molar-refractivity contribution in [1.29, 1.82) is 0 Å². The number of thiophene rings is 1. The lowest BCUT2D eigenvalue weighted by Gasteiger charge is -2.35. The molecule has 6 nitrogen and oxygen atoms in total. The zero-order chi connectivity index (χ0) is 15.0. The molecular formula is C14H19N3O3S. The Morgan fingerprint density at radius 2 is 2.38 bits per heavy atom. The van der Waals surface area contributed by atoms with Gasteiger partial charge < -0.3 is 20.6 Å². The first-order chi connectivity index (χ1) is 10.1. The molecule has 2 amide bonds. The number of hydrogen-bond donors (Lipinski definition) is 3. The van der Waals surface area contributed by atoms with Crippen molar-refractivity contribution < 1.29 is 14.7 Å². The molecule has 2 saturated heterocycles. The van der Waals surface area contributed by atoms with Gasteiger partial charge in [0.25, 0.3) is 0 Å². The van der Waals surface area contributed by atoms with Gasteiger partial charge in [0.05, 0.1) is 6.10 Å². The van der Waals surface area contributed by atoms with Crippen LogP contribution < -0.4 is 10.6 Å². The second-order valence-electron chi connectivity index (χ2n) is 5.63. The molecule has 2 aliphatic heterocycles. The number of hydrogen-bond acceptors (Lipinski definition) is 5. The lowest BCUT2D eigenvalue weighted by Crippen LogP contribution is -2.64. The molecule has 0 aliphatic carbocycles. The van der Waals surface area contributed by atoms with Crippen LogP contribution in [0.5, 0.6) is 0 Å². The van der Waals surface area contributed by atoms with E-state index in [0.717, 1.165) is 6.54 Å². The minimum absolute atomic E-state index is 0.111. The van der Waals surface area contributed by atoms with Gasteiger partial charge >= 0.3 is 0 Å². The van der Waals surface area contributed by atoms with Crippen molar-refractivity contribution in [1.82, 2.24) is 15.5 Å². The first-order valence-corrected chi connectivity index (χ1v) is 7.99. The molecule has 3 rings (SSSR count). The second kappa shape index (κ2) is 5.75. The van der Waals surface area contributed by atoms with Crippen molar-refractivity contribution in [3.05, 3.63) is 22.4 Å². The molecule has 21 heavy (non-hydrogen) atoms. The molecule has 0 radical (unpaired) electrons. The van der Waals surface area contributed by atoms with Crippen molar-refractivity contribution in [2.45, 2.75) is 44.1 Å². The molecule has 4 atom stereocenters. The summed E-state index contributed by atoms with van der Waals surface area (Å²) in [6, 6.07) is 2.95. The lowest BCUT2D eigenvalue weighted by atomic mass is 10.0. The van der Waals surface area contributed by atoms with Crippen molar-refractivity contribution >= 4 is 23.2 Å². The SMILES string of the molecule is C[C@@H](O)[C@@H]1NC(=O)[C@@H]2C[C@H](NCc3cccs3)CN2C1=O. The highest BCUT2D eigenvalue weighted by atomic mass is 32.1. The molecule has 1 aromatic heterocycles. The predicted molar refractivity (Wildman–Crippen MR) is 78.7 cm³/mol. The van der Waals surface area contributed by atoms with Gasteiger partial charge in [0.2, 0.25) is 11.8 Å². The third kappa shape index (κ3) is 2.81. The standard InChI is InChI=1S/C14H19N3O3S/c1-8(18)12-14(20)17-7-9(5-11(17)13(19)16-12)15-6-10-3-2-4-21-10/h2-4,8-9,11-12,15,18H,5-7H2,1H3,(H,16,19)/t8-,9+,11+,12+/m1/s1. The van der Waals surface area contributed by atoms with Crippen LogP contribution in [0, 0.1) is 0 Å². The highest BCUT2D eigenvalue weighted by molar-refractivity contribution is 7.09. The molecule has 0 unspecified atom stereocenters. The van der Waals surface area contributed by atoms with E-state index in [2.05, 4.69) is 16.7 Å². The first kappa shape index (κ1) is 14.5. The van der Waals surface area contributed by atoms with Crippen LogP contribution in [0.2, 0.25) is 0 Å². The van der Waals surface area contributed by atoms with Gasteiger partial charge in [-0.05, 0) is 24.8 Å². The molecule has 2 fully saturated rings. The third-order valence-corrected chi connectivity index (χ3v) is 4.95. The van der Waals surface area contributed by atoms with E-state index >= 15 is 0 Å². The Labute approximate surface area is 127 Å². The number of aliphatic hydroxyl groups is 1. The highest BCUT2D eigenvalue weighted by Gasteiger charge is 2.47. The van der Waals surface area contributed by atoms with Crippen LogP contribution in [-0.4, -0.2) is 52.6 Å². The molecular weight excluding hydrogens is 290 g/mol. The molecule has 0 bridgehead atoms. The van der Waals surface area contributed by atoms with Crippen molar-refractivity contribution in [2.24, 2.45) is 0 Å². The van der Waals surface area contributed by atoms with Crippen molar-refractivity contribution in [3.63, 3.8) is 0 Å². The van der Waals surface area contributed by atoms with E-state index in [0.29, 0.717) is 13.0 Å². The average molecular weight is 309 g/mol. The summed E-state index contributed by atoms with van der Waals surface area (Å²) in [5.41, 5.74) is 0. The smallest absolute Gasteiger partial charge is 0.248 e. The molecule has 0 aromatic carbocycles.